The molecule has 182 valence electrons. The number of carboxylic acids is 1. The predicted molar refractivity (Wildman–Crippen MR) is 114 cm³/mol. The first-order valence-corrected chi connectivity index (χ1v) is 10.3. The van der Waals surface area contributed by atoms with Gasteiger partial charge in [0.1, 0.15) is 11.5 Å². The van der Waals surface area contributed by atoms with E-state index in [1.807, 2.05) is 0 Å². The summed E-state index contributed by atoms with van der Waals surface area (Å²) in [5.41, 5.74) is -2.35. The Morgan fingerprint density at radius 1 is 0.833 bits per heavy atom. The second kappa shape index (κ2) is 7.87. The molecule has 0 unspecified atom stereocenters. The lowest BCUT2D eigenvalue weighted by Crippen LogP contribution is -2.33. The number of fused-ring (bicyclic) bond motifs is 6. The molecule has 0 atom stereocenters. The van der Waals surface area contributed by atoms with Crippen molar-refractivity contribution in [2.45, 2.75) is 19.4 Å². The van der Waals surface area contributed by atoms with E-state index in [0.29, 0.717) is 0 Å². The number of hydrogen-bond acceptors (Lipinski definition) is 8. The molecule has 36 heavy (non-hydrogen) atoms. The molecule has 0 amide bonds. The van der Waals surface area contributed by atoms with Gasteiger partial charge in [0, 0.05) is 31.5 Å². The van der Waals surface area contributed by atoms with Crippen LogP contribution in [0.1, 0.15) is 51.3 Å². The van der Waals surface area contributed by atoms with Crippen LogP contribution in [0, 0.1) is 11.6 Å². The lowest BCUT2D eigenvalue weighted by atomic mass is 9.77. The van der Waals surface area contributed by atoms with E-state index in [4.69, 9.17) is 18.9 Å². The third-order valence-corrected chi connectivity index (χ3v) is 5.67. The number of ether oxygens (including phenoxy) is 4. The second-order valence-electron chi connectivity index (χ2n) is 7.98. The molecule has 11 heteroatoms. The van der Waals surface area contributed by atoms with Crippen LogP contribution in [-0.4, -0.2) is 29.0 Å². The van der Waals surface area contributed by atoms with E-state index in [1.54, 1.807) is 0 Å². The molecule has 0 aromatic heterocycles. The van der Waals surface area contributed by atoms with E-state index in [0.717, 1.165) is 44.2 Å². The summed E-state index contributed by atoms with van der Waals surface area (Å²) in [5, 5.41) is 9.34. The molecule has 2 aliphatic heterocycles. The van der Waals surface area contributed by atoms with Crippen LogP contribution in [0.15, 0.2) is 42.5 Å². The molecule has 1 spiro atoms. The normalized spacial score (nSPS) is 14.2. The number of esters is 3. The number of carbonyl (C=O) groups excluding carboxylic acids is 3. The van der Waals surface area contributed by atoms with E-state index < -0.39 is 52.6 Å². The summed E-state index contributed by atoms with van der Waals surface area (Å²) in [4.78, 5) is 47.2. The van der Waals surface area contributed by atoms with Crippen LogP contribution in [0.2, 0.25) is 0 Å². The Morgan fingerprint density at radius 3 is 1.83 bits per heavy atom. The van der Waals surface area contributed by atoms with Crippen molar-refractivity contribution in [2.75, 3.05) is 0 Å². The first-order chi connectivity index (χ1) is 17.0. The molecule has 0 radical (unpaired) electrons. The lowest BCUT2D eigenvalue weighted by molar-refractivity contribution is -0.133. The Kier molecular flexibility index (Phi) is 5.02. The number of rotatable bonds is 3. The highest BCUT2D eigenvalue weighted by molar-refractivity contribution is 6.00. The van der Waals surface area contributed by atoms with Crippen LogP contribution >= 0.6 is 0 Å². The van der Waals surface area contributed by atoms with E-state index in [9.17, 15) is 33.1 Å². The third-order valence-electron chi connectivity index (χ3n) is 5.67. The van der Waals surface area contributed by atoms with Crippen molar-refractivity contribution in [2.24, 2.45) is 0 Å². The highest BCUT2D eigenvalue weighted by Crippen LogP contribution is 2.57. The molecule has 0 saturated heterocycles. The maximum atomic E-state index is 15.0. The number of benzene rings is 3. The Bertz CT molecular complexity index is 1450. The van der Waals surface area contributed by atoms with Crippen LogP contribution in [-0.2, 0) is 19.9 Å². The zero-order chi connectivity index (χ0) is 25.9. The van der Waals surface area contributed by atoms with Gasteiger partial charge in [-0.2, -0.15) is 0 Å². The highest BCUT2D eigenvalue weighted by atomic mass is 19.1. The van der Waals surface area contributed by atoms with Crippen LogP contribution in [0.25, 0.3) is 0 Å². The summed E-state index contributed by atoms with van der Waals surface area (Å²) < 4.78 is 51.3. The molecule has 3 aromatic rings. The summed E-state index contributed by atoms with van der Waals surface area (Å²) >= 11 is 0. The van der Waals surface area contributed by atoms with Gasteiger partial charge in [-0.3, -0.25) is 9.59 Å². The van der Waals surface area contributed by atoms with Crippen molar-refractivity contribution < 1.29 is 52.0 Å². The molecular formula is C25H14F2O9. The maximum absolute atomic E-state index is 15.0. The van der Waals surface area contributed by atoms with Crippen molar-refractivity contribution in [1.29, 1.82) is 0 Å². The van der Waals surface area contributed by atoms with Crippen molar-refractivity contribution in [3.05, 3.63) is 81.9 Å². The zero-order valence-electron chi connectivity index (χ0n) is 18.5. The minimum atomic E-state index is -1.96. The van der Waals surface area contributed by atoms with E-state index in [2.05, 4.69) is 0 Å². The van der Waals surface area contributed by atoms with Crippen LogP contribution < -0.4 is 14.2 Å². The van der Waals surface area contributed by atoms with Gasteiger partial charge < -0.3 is 24.1 Å². The molecule has 9 nitrogen and oxygen atoms in total. The standard InChI is InChI=1S/C25H14F2O9/c1-10(28)33-21-8-19-15(6-17(21)26)25(14-4-3-12(23(30)31)5-13(14)24(32)36-25)16-7-18(27)22(34-11(2)29)9-20(16)35-19/h3-9H,1-2H3,(H,30,31). The SMILES string of the molecule is CC(=O)Oc1cc2c(cc1F)C1(OC(=O)c3cc(C(=O)O)ccc31)c1cc(F)c(OC(C)=O)cc1O2. The lowest BCUT2D eigenvalue weighted by Gasteiger charge is -2.36. The quantitative estimate of drug-likeness (QED) is 0.422. The molecular weight excluding hydrogens is 482 g/mol. The topological polar surface area (TPSA) is 125 Å². The largest absolute Gasteiger partial charge is 0.478 e. The van der Waals surface area contributed by atoms with Gasteiger partial charge >= 0.3 is 23.9 Å². The summed E-state index contributed by atoms with van der Waals surface area (Å²) in [5.74, 6) is -7.03. The van der Waals surface area contributed by atoms with Crippen molar-refractivity contribution in [3.63, 3.8) is 0 Å². The summed E-state index contributed by atoms with van der Waals surface area (Å²) in [6.45, 7) is 2.14. The molecule has 0 fully saturated rings. The molecule has 2 aliphatic rings. The summed E-state index contributed by atoms with van der Waals surface area (Å²) in [6, 6.07) is 7.57. The highest BCUT2D eigenvalue weighted by Gasteiger charge is 2.54. The minimum Gasteiger partial charge on any atom is -0.478 e. The fourth-order valence-corrected chi connectivity index (χ4v) is 4.32. The van der Waals surface area contributed by atoms with Gasteiger partial charge in [0.2, 0.25) is 0 Å². The predicted octanol–water partition coefficient (Wildman–Crippen LogP) is 4.08. The Balaban J connectivity index is 1.83. The first-order valence-electron chi connectivity index (χ1n) is 10.3. The summed E-state index contributed by atoms with van der Waals surface area (Å²) in [6.07, 6.45) is 0. The summed E-state index contributed by atoms with van der Waals surface area (Å²) in [7, 11) is 0. The monoisotopic (exact) mass is 496 g/mol. The van der Waals surface area contributed by atoms with Gasteiger partial charge in [-0.05, 0) is 24.3 Å². The van der Waals surface area contributed by atoms with Crippen LogP contribution in [0.4, 0.5) is 8.78 Å². The molecule has 1 N–H and O–H groups in total. The molecule has 2 heterocycles. The van der Waals surface area contributed by atoms with Gasteiger partial charge in [0.15, 0.2) is 28.7 Å². The third kappa shape index (κ3) is 3.35. The smallest absolute Gasteiger partial charge is 0.340 e. The molecule has 0 aliphatic carbocycles. The number of halogens is 2. The Morgan fingerprint density at radius 2 is 1.36 bits per heavy atom. The van der Waals surface area contributed by atoms with Crippen LogP contribution in [0.5, 0.6) is 23.0 Å². The minimum absolute atomic E-state index is 0.0711. The Hall–Kier alpha value is -4.80. The fourth-order valence-electron chi connectivity index (χ4n) is 4.32. The van der Waals surface area contributed by atoms with Gasteiger partial charge in [0.05, 0.1) is 22.3 Å². The second-order valence-corrected chi connectivity index (χ2v) is 7.98. The number of hydrogen-bond donors (Lipinski definition) is 1. The van der Waals surface area contributed by atoms with Crippen molar-refractivity contribution >= 4 is 23.9 Å². The molecule has 5 rings (SSSR count). The average Bonchev–Trinajstić information content (AvgIpc) is 3.08. The van der Waals surface area contributed by atoms with Crippen molar-refractivity contribution in [1.82, 2.24) is 0 Å². The van der Waals surface area contributed by atoms with Crippen molar-refractivity contribution in [3.8, 4) is 23.0 Å². The number of aromatic carboxylic acids is 1. The van der Waals surface area contributed by atoms with Gasteiger partial charge in [-0.25, -0.2) is 18.4 Å². The van der Waals surface area contributed by atoms with E-state index in [1.165, 1.54) is 12.1 Å². The molecule has 0 saturated carbocycles. The van der Waals surface area contributed by atoms with Gasteiger partial charge in [-0.1, -0.05) is 6.07 Å². The maximum Gasteiger partial charge on any atom is 0.340 e. The Labute approximate surface area is 200 Å². The zero-order valence-corrected chi connectivity index (χ0v) is 18.5. The van der Waals surface area contributed by atoms with Gasteiger partial charge in [-0.15, -0.1) is 0 Å². The van der Waals surface area contributed by atoms with E-state index >= 15 is 0 Å². The first kappa shape index (κ1) is 23.0. The number of carboxylic acid groups (broad SMARTS) is 1. The number of carbonyl (C=O) groups is 4. The average molecular weight is 496 g/mol. The van der Waals surface area contributed by atoms with Crippen LogP contribution in [0.3, 0.4) is 0 Å². The molecule has 0 bridgehead atoms. The van der Waals surface area contributed by atoms with E-state index in [-0.39, 0.29) is 39.3 Å². The molecule has 3 aromatic carbocycles. The fraction of sp³-hybridized carbons (Fsp3) is 0.120. The van der Waals surface area contributed by atoms with Gasteiger partial charge in [0.25, 0.3) is 0 Å².